The number of rotatable bonds is 0. The van der Waals surface area contributed by atoms with E-state index in [0.29, 0.717) is 10.6 Å². The molecule has 0 aliphatic carbocycles. The average molecular weight is 281 g/mol. The molecule has 1 aromatic carbocycles. The van der Waals surface area contributed by atoms with Crippen molar-refractivity contribution in [2.75, 3.05) is 6.61 Å². The molecule has 0 N–H and O–H groups in total. The second-order valence-electron chi connectivity index (χ2n) is 4.34. The lowest BCUT2D eigenvalue weighted by atomic mass is 10.1. The molecule has 0 amide bonds. The highest BCUT2D eigenvalue weighted by atomic mass is 35.5. The van der Waals surface area contributed by atoms with Crippen molar-refractivity contribution in [3.8, 4) is 23.7 Å². The molecule has 3 rings (SSSR count). The van der Waals surface area contributed by atoms with Crippen LogP contribution in [-0.2, 0) is 6.42 Å². The van der Waals surface area contributed by atoms with Crippen LogP contribution in [0.1, 0.15) is 22.4 Å². The highest BCUT2D eigenvalue weighted by molar-refractivity contribution is 6.31. The van der Waals surface area contributed by atoms with Gasteiger partial charge in [0.15, 0.2) is 5.69 Å². The van der Waals surface area contributed by atoms with Crippen LogP contribution in [-0.4, -0.2) is 11.6 Å². The van der Waals surface area contributed by atoms with Gasteiger partial charge in [-0.2, -0.15) is 5.26 Å². The van der Waals surface area contributed by atoms with Gasteiger partial charge in [0.1, 0.15) is 11.8 Å². The zero-order chi connectivity index (χ0) is 13.9. The van der Waals surface area contributed by atoms with Gasteiger partial charge in [-0.1, -0.05) is 23.4 Å². The molecule has 20 heavy (non-hydrogen) atoms. The molecule has 2 aromatic rings. The monoisotopic (exact) mass is 280 g/mol. The van der Waals surface area contributed by atoms with Crippen LogP contribution in [0, 0.1) is 23.2 Å². The number of benzene rings is 1. The maximum absolute atomic E-state index is 8.76. The Bertz CT molecular complexity index is 766. The van der Waals surface area contributed by atoms with Gasteiger partial charge < -0.3 is 4.74 Å². The number of pyridine rings is 1. The number of nitrogens with zero attached hydrogens (tertiary/aromatic N) is 2. The first-order valence-electron chi connectivity index (χ1n) is 6.09. The van der Waals surface area contributed by atoms with E-state index in [2.05, 4.69) is 16.8 Å². The topological polar surface area (TPSA) is 45.9 Å². The Morgan fingerprint density at radius 3 is 2.85 bits per heavy atom. The quantitative estimate of drug-likeness (QED) is 0.697. The molecule has 0 radical (unpaired) electrons. The number of ether oxygens (including phenoxy) is 1. The van der Waals surface area contributed by atoms with Crippen molar-refractivity contribution in [2.24, 2.45) is 0 Å². The molecule has 0 saturated carbocycles. The predicted molar refractivity (Wildman–Crippen MR) is 75.6 cm³/mol. The van der Waals surface area contributed by atoms with Crippen LogP contribution < -0.4 is 4.74 Å². The van der Waals surface area contributed by atoms with Gasteiger partial charge in [0.25, 0.3) is 0 Å². The normalized spacial score (nSPS) is 11.8. The summed E-state index contributed by atoms with van der Waals surface area (Å²) in [4.78, 5) is 3.95. The number of halogens is 1. The van der Waals surface area contributed by atoms with Gasteiger partial charge in [0, 0.05) is 23.7 Å². The SMILES string of the molecule is N#Cc1ncc(C#Cc2ccc3c(c2)CCO3)cc1Cl. The van der Waals surface area contributed by atoms with Gasteiger partial charge in [-0.05, 0) is 29.8 Å². The summed E-state index contributed by atoms with van der Waals surface area (Å²) >= 11 is 5.92. The zero-order valence-electron chi connectivity index (χ0n) is 10.5. The Morgan fingerprint density at radius 2 is 2.05 bits per heavy atom. The van der Waals surface area contributed by atoms with E-state index >= 15 is 0 Å². The summed E-state index contributed by atoms with van der Waals surface area (Å²) in [5.41, 5.74) is 3.01. The van der Waals surface area contributed by atoms with Crippen molar-refractivity contribution in [3.63, 3.8) is 0 Å². The molecule has 1 aliphatic rings. The predicted octanol–water partition coefficient (Wildman–Crippen LogP) is 2.94. The zero-order valence-corrected chi connectivity index (χ0v) is 11.2. The van der Waals surface area contributed by atoms with E-state index in [9.17, 15) is 0 Å². The van der Waals surface area contributed by atoms with Crippen LogP contribution >= 0.6 is 11.6 Å². The standard InChI is InChI=1S/C16H9ClN2O/c17-14-8-12(10-19-15(14)9-18)2-1-11-3-4-16-13(7-11)5-6-20-16/h3-4,7-8,10H,5-6H2. The lowest BCUT2D eigenvalue weighted by Gasteiger charge is -1.98. The van der Waals surface area contributed by atoms with Gasteiger partial charge in [-0.25, -0.2) is 4.98 Å². The summed E-state index contributed by atoms with van der Waals surface area (Å²) in [6, 6.07) is 9.47. The van der Waals surface area contributed by atoms with Gasteiger partial charge in [-0.15, -0.1) is 0 Å². The van der Waals surface area contributed by atoms with Crippen molar-refractivity contribution in [2.45, 2.75) is 6.42 Å². The molecule has 0 fully saturated rings. The summed E-state index contributed by atoms with van der Waals surface area (Å²) in [6.45, 7) is 0.737. The van der Waals surface area contributed by atoms with Crippen LogP contribution in [0.25, 0.3) is 0 Å². The molecule has 0 spiro atoms. The fraction of sp³-hybridized carbons (Fsp3) is 0.125. The Balaban J connectivity index is 1.89. The van der Waals surface area contributed by atoms with Gasteiger partial charge >= 0.3 is 0 Å². The van der Waals surface area contributed by atoms with Crippen LogP contribution in [0.15, 0.2) is 30.5 Å². The lowest BCUT2D eigenvalue weighted by Crippen LogP contribution is -1.86. The van der Waals surface area contributed by atoms with Crippen molar-refractivity contribution >= 4 is 11.6 Å². The van der Waals surface area contributed by atoms with E-state index in [4.69, 9.17) is 21.6 Å². The molecular formula is C16H9ClN2O. The van der Waals surface area contributed by atoms with Crippen LogP contribution in [0.3, 0.4) is 0 Å². The number of hydrogen-bond acceptors (Lipinski definition) is 3. The minimum Gasteiger partial charge on any atom is -0.493 e. The number of aromatic nitrogens is 1. The summed E-state index contributed by atoms with van der Waals surface area (Å²) < 4.78 is 5.45. The molecule has 1 aliphatic heterocycles. The second-order valence-corrected chi connectivity index (χ2v) is 4.74. The largest absolute Gasteiger partial charge is 0.493 e. The maximum atomic E-state index is 8.76. The van der Waals surface area contributed by atoms with E-state index in [1.807, 2.05) is 24.3 Å². The second kappa shape index (κ2) is 5.25. The third-order valence-electron chi connectivity index (χ3n) is 2.99. The molecule has 2 heterocycles. The first-order valence-corrected chi connectivity index (χ1v) is 6.47. The summed E-state index contributed by atoms with van der Waals surface area (Å²) in [5.74, 6) is 7.01. The van der Waals surface area contributed by atoms with Gasteiger partial charge in [0.05, 0.1) is 11.6 Å². The van der Waals surface area contributed by atoms with Gasteiger partial charge in [0.2, 0.25) is 0 Å². The molecule has 0 saturated heterocycles. The highest BCUT2D eigenvalue weighted by Crippen LogP contribution is 2.25. The Labute approximate surface area is 121 Å². The molecule has 4 heteroatoms. The average Bonchev–Trinajstić information content (AvgIpc) is 2.92. The van der Waals surface area contributed by atoms with Crippen molar-refractivity contribution in [1.29, 1.82) is 5.26 Å². The lowest BCUT2D eigenvalue weighted by molar-refractivity contribution is 0.357. The van der Waals surface area contributed by atoms with Crippen LogP contribution in [0.5, 0.6) is 5.75 Å². The van der Waals surface area contributed by atoms with E-state index in [-0.39, 0.29) is 5.69 Å². The van der Waals surface area contributed by atoms with Crippen LogP contribution in [0.2, 0.25) is 5.02 Å². The highest BCUT2D eigenvalue weighted by Gasteiger charge is 2.11. The number of hydrogen-bond donors (Lipinski definition) is 0. The third-order valence-corrected chi connectivity index (χ3v) is 3.28. The minimum absolute atomic E-state index is 0.215. The van der Waals surface area contributed by atoms with Crippen molar-refractivity contribution in [1.82, 2.24) is 4.98 Å². The molecular weight excluding hydrogens is 272 g/mol. The molecule has 0 unspecified atom stereocenters. The van der Waals surface area contributed by atoms with Crippen LogP contribution in [0.4, 0.5) is 0 Å². The Morgan fingerprint density at radius 1 is 1.20 bits per heavy atom. The molecule has 1 aromatic heterocycles. The van der Waals surface area contributed by atoms with E-state index in [1.165, 1.54) is 5.56 Å². The van der Waals surface area contributed by atoms with Crippen molar-refractivity contribution in [3.05, 3.63) is 57.9 Å². The van der Waals surface area contributed by atoms with E-state index in [1.54, 1.807) is 12.3 Å². The fourth-order valence-electron chi connectivity index (χ4n) is 2.00. The smallest absolute Gasteiger partial charge is 0.159 e. The fourth-order valence-corrected chi connectivity index (χ4v) is 2.21. The van der Waals surface area contributed by atoms with E-state index < -0.39 is 0 Å². The number of fused-ring (bicyclic) bond motifs is 1. The maximum Gasteiger partial charge on any atom is 0.159 e. The summed E-state index contributed by atoms with van der Waals surface area (Å²) in [7, 11) is 0. The third kappa shape index (κ3) is 2.45. The Hall–Kier alpha value is -2.49. The molecule has 96 valence electrons. The minimum atomic E-state index is 0.215. The number of nitriles is 1. The summed E-state index contributed by atoms with van der Waals surface area (Å²) in [5, 5.41) is 9.08. The van der Waals surface area contributed by atoms with Gasteiger partial charge in [-0.3, -0.25) is 0 Å². The van der Waals surface area contributed by atoms with E-state index in [0.717, 1.165) is 24.3 Å². The first kappa shape index (κ1) is 12.5. The summed E-state index contributed by atoms with van der Waals surface area (Å²) in [6.07, 6.45) is 2.48. The Kier molecular flexibility index (Phi) is 3.29. The molecule has 3 nitrogen and oxygen atoms in total. The first-order chi connectivity index (χ1) is 9.76. The van der Waals surface area contributed by atoms with Crippen molar-refractivity contribution < 1.29 is 4.74 Å². The molecule has 0 bridgehead atoms. The molecule has 0 atom stereocenters.